The van der Waals surface area contributed by atoms with Crippen LogP contribution < -0.4 is 61.8 Å². The van der Waals surface area contributed by atoms with E-state index < -0.39 is 18.0 Å². The Hall–Kier alpha value is -0.864. The molecule has 0 unspecified atom stereocenters. The summed E-state index contributed by atoms with van der Waals surface area (Å²) in [5.74, 6) is -1.85. The van der Waals surface area contributed by atoms with Gasteiger partial charge in [0.2, 0.25) is 0 Å². The fraction of sp³-hybridized carbons (Fsp3) is 0.286. The molecule has 0 aromatic heterocycles. The maximum atomic E-state index is 11.3. The average molecular weight is 317 g/mol. The van der Waals surface area contributed by atoms with E-state index in [0.29, 0.717) is 11.3 Å². The third kappa shape index (κ3) is 7.10. The Labute approximate surface area is 165 Å². The molecule has 1 aromatic carbocycles. The van der Waals surface area contributed by atoms with Gasteiger partial charge in [-0.2, -0.15) is 0 Å². The van der Waals surface area contributed by atoms with Gasteiger partial charge in [-0.15, -0.1) is 5.75 Å². The number of rotatable bonds is 6. The van der Waals surface area contributed by atoms with Gasteiger partial charge < -0.3 is 20.3 Å². The second-order valence-electron chi connectivity index (χ2n) is 4.06. The summed E-state index contributed by atoms with van der Waals surface area (Å²) in [7, 11) is 0. The minimum absolute atomic E-state index is 0. The van der Waals surface area contributed by atoms with Crippen molar-refractivity contribution in [3.05, 3.63) is 41.6 Å². The van der Waals surface area contributed by atoms with Crippen LogP contribution in [0.15, 0.2) is 36.0 Å². The number of carbonyl (C=O) groups excluding carboxylic acids is 1. The number of ether oxygens (including phenoxy) is 1. The Balaban J connectivity index is 0.00000400. The first-order chi connectivity index (χ1) is 9.43. The quantitative estimate of drug-likeness (QED) is 0.356. The number of carboxylic acids is 1. The summed E-state index contributed by atoms with van der Waals surface area (Å²) in [5, 5.41) is 22.9. The van der Waals surface area contributed by atoms with E-state index in [0.717, 1.165) is 0 Å². The average Bonchev–Trinajstić information content (AvgIpc) is 2.37. The molecule has 1 rings (SSSR count). The van der Waals surface area contributed by atoms with E-state index in [1.165, 1.54) is 30.3 Å². The summed E-state index contributed by atoms with van der Waals surface area (Å²) in [4.78, 5) is 22.5. The number of nitrogens with one attached hydrogen (secondary N) is 1. The summed E-state index contributed by atoms with van der Waals surface area (Å²) in [6.07, 6.45) is 1.18. The van der Waals surface area contributed by atoms with E-state index in [2.05, 4.69) is 5.32 Å². The van der Waals surface area contributed by atoms with Crippen LogP contribution in [-0.4, -0.2) is 23.7 Å². The van der Waals surface area contributed by atoms with Gasteiger partial charge >= 0.3 is 63.3 Å². The zero-order valence-electron chi connectivity index (χ0n) is 12.3. The Morgan fingerprint density at radius 1 is 1.38 bits per heavy atom. The molecular weight excluding hydrogens is 301 g/mol. The Morgan fingerprint density at radius 2 is 1.95 bits per heavy atom. The SMILES string of the molecule is CCOC(=O)/C=C(\C)N[C@@H](C(=O)O)c1ccc([O-])cc1.[K+]. The third-order valence-electron chi connectivity index (χ3n) is 2.45. The van der Waals surface area contributed by atoms with Crippen molar-refractivity contribution in [2.24, 2.45) is 0 Å². The van der Waals surface area contributed by atoms with E-state index >= 15 is 0 Å². The molecule has 7 heteroatoms. The van der Waals surface area contributed by atoms with E-state index in [1.807, 2.05) is 0 Å². The number of esters is 1. The van der Waals surface area contributed by atoms with Gasteiger partial charge in [0.05, 0.1) is 6.61 Å². The van der Waals surface area contributed by atoms with Gasteiger partial charge in [0.15, 0.2) is 0 Å². The minimum atomic E-state index is -1.11. The summed E-state index contributed by atoms with van der Waals surface area (Å²) >= 11 is 0. The molecule has 2 N–H and O–H groups in total. The van der Waals surface area contributed by atoms with E-state index in [9.17, 15) is 19.8 Å². The number of hydrogen-bond acceptors (Lipinski definition) is 5. The molecule has 108 valence electrons. The molecule has 0 saturated heterocycles. The van der Waals surface area contributed by atoms with Crippen LogP contribution in [0.1, 0.15) is 25.5 Å². The van der Waals surface area contributed by atoms with Gasteiger partial charge in [0, 0.05) is 11.8 Å². The van der Waals surface area contributed by atoms with E-state index in [1.54, 1.807) is 13.8 Å². The maximum absolute atomic E-state index is 11.3. The summed E-state index contributed by atoms with van der Waals surface area (Å²) < 4.78 is 4.73. The van der Waals surface area contributed by atoms with Crippen LogP contribution in [0.25, 0.3) is 0 Å². The molecule has 0 spiro atoms. The molecule has 6 nitrogen and oxygen atoms in total. The largest absolute Gasteiger partial charge is 1.00 e. The second kappa shape index (κ2) is 9.96. The molecule has 1 aromatic rings. The maximum Gasteiger partial charge on any atom is 1.00 e. The molecular formula is C14H16KNO5. The van der Waals surface area contributed by atoms with Crippen LogP contribution in [-0.2, 0) is 14.3 Å². The van der Waals surface area contributed by atoms with Gasteiger partial charge in [0.1, 0.15) is 6.04 Å². The molecule has 0 heterocycles. The van der Waals surface area contributed by atoms with Gasteiger partial charge in [-0.25, -0.2) is 9.59 Å². The predicted octanol–water partition coefficient (Wildman–Crippen LogP) is -2.05. The van der Waals surface area contributed by atoms with Crippen molar-refractivity contribution in [1.29, 1.82) is 0 Å². The molecule has 0 saturated carbocycles. The van der Waals surface area contributed by atoms with E-state index in [-0.39, 0.29) is 63.7 Å². The molecule has 0 bridgehead atoms. The molecule has 0 aliphatic carbocycles. The van der Waals surface area contributed by atoms with Crippen molar-refractivity contribution in [3.8, 4) is 5.75 Å². The van der Waals surface area contributed by atoms with Crippen LogP contribution in [0.4, 0.5) is 0 Å². The zero-order valence-corrected chi connectivity index (χ0v) is 15.4. The standard InChI is InChI=1S/C14H17NO5.K/c1-3-20-12(17)8-9(2)15-13(14(18)19)10-4-6-11(16)7-5-10;/h4-8,13,15-16H,3H2,1-2H3,(H,18,19);/q;+1/p-1/b9-8+;/t13-;/m1./s1. The number of allylic oxidation sites excluding steroid dienone is 1. The predicted molar refractivity (Wildman–Crippen MR) is 69.8 cm³/mol. The van der Waals surface area contributed by atoms with Crippen LogP contribution >= 0.6 is 0 Å². The van der Waals surface area contributed by atoms with Crippen LogP contribution in [0.2, 0.25) is 0 Å². The monoisotopic (exact) mass is 317 g/mol. The van der Waals surface area contributed by atoms with Crippen molar-refractivity contribution in [2.45, 2.75) is 19.9 Å². The molecule has 0 fully saturated rings. The van der Waals surface area contributed by atoms with Crippen molar-refractivity contribution in [2.75, 3.05) is 6.61 Å². The third-order valence-corrected chi connectivity index (χ3v) is 2.45. The molecule has 0 amide bonds. The fourth-order valence-electron chi connectivity index (χ4n) is 1.58. The minimum Gasteiger partial charge on any atom is -0.872 e. The Morgan fingerprint density at radius 3 is 2.43 bits per heavy atom. The number of hydrogen-bond donors (Lipinski definition) is 2. The molecule has 0 aliphatic heterocycles. The van der Waals surface area contributed by atoms with Crippen LogP contribution in [0.3, 0.4) is 0 Å². The van der Waals surface area contributed by atoms with Gasteiger partial charge in [-0.05, 0) is 19.4 Å². The zero-order chi connectivity index (χ0) is 15.1. The summed E-state index contributed by atoms with van der Waals surface area (Å²) in [5.41, 5.74) is 0.788. The number of carbonyl (C=O) groups is 2. The molecule has 1 atom stereocenters. The van der Waals surface area contributed by atoms with Gasteiger partial charge in [-0.3, -0.25) is 0 Å². The van der Waals surface area contributed by atoms with Crippen LogP contribution in [0.5, 0.6) is 5.75 Å². The van der Waals surface area contributed by atoms with Crippen molar-refractivity contribution < 1.29 is 75.9 Å². The summed E-state index contributed by atoms with van der Waals surface area (Å²) in [6.45, 7) is 3.49. The normalized spacial score (nSPS) is 12.0. The first kappa shape index (κ1) is 20.1. The molecule has 0 aliphatic rings. The van der Waals surface area contributed by atoms with Crippen molar-refractivity contribution >= 4 is 11.9 Å². The summed E-state index contributed by atoms with van der Waals surface area (Å²) in [6, 6.07) is 4.41. The fourth-order valence-corrected chi connectivity index (χ4v) is 1.58. The van der Waals surface area contributed by atoms with Crippen molar-refractivity contribution in [3.63, 3.8) is 0 Å². The topological polar surface area (TPSA) is 98.7 Å². The van der Waals surface area contributed by atoms with Gasteiger partial charge in [-0.1, -0.05) is 24.3 Å². The number of carboxylic acid groups (broad SMARTS) is 1. The number of benzene rings is 1. The first-order valence-electron chi connectivity index (χ1n) is 6.05. The van der Waals surface area contributed by atoms with E-state index in [4.69, 9.17) is 4.74 Å². The number of aliphatic carboxylic acids is 1. The molecule has 0 radical (unpaired) electrons. The van der Waals surface area contributed by atoms with Crippen molar-refractivity contribution in [1.82, 2.24) is 5.32 Å². The Kier molecular flexibility index (Phi) is 9.55. The first-order valence-corrected chi connectivity index (χ1v) is 6.05. The Bertz CT molecular complexity index is 513. The smallest absolute Gasteiger partial charge is 0.872 e. The van der Waals surface area contributed by atoms with Crippen LogP contribution in [0, 0.1) is 0 Å². The molecule has 21 heavy (non-hydrogen) atoms. The second-order valence-corrected chi connectivity index (χ2v) is 4.06. The van der Waals surface area contributed by atoms with Gasteiger partial charge in [0.25, 0.3) is 0 Å².